The number of carbonyl (C=O) groups is 4. The number of hydrogen-bond donors (Lipinski definition) is 1. The number of para-hydroxylation sites is 2. The second kappa shape index (κ2) is 16.9. The fourth-order valence-corrected chi connectivity index (χ4v) is 5.95. The predicted octanol–water partition coefficient (Wildman–Crippen LogP) is 6.00. The monoisotopic (exact) mass is 658 g/mol. The van der Waals surface area contributed by atoms with Gasteiger partial charge in [-0.3, -0.25) is 19.2 Å². The Labute approximate surface area is 285 Å². The number of benzene rings is 4. The minimum absolute atomic E-state index is 0.0768. The van der Waals surface area contributed by atoms with Gasteiger partial charge in [-0.2, -0.15) is 0 Å². The first-order chi connectivity index (χ1) is 23.7. The third-order valence-electron chi connectivity index (χ3n) is 8.52. The third-order valence-corrected chi connectivity index (χ3v) is 8.52. The molecule has 2 unspecified atom stereocenters. The number of nitrogens with zero attached hydrogens (tertiary/aromatic N) is 2. The molecule has 0 saturated carbocycles. The van der Waals surface area contributed by atoms with Crippen molar-refractivity contribution in [3.8, 4) is 0 Å². The quantitative estimate of drug-likeness (QED) is 0.164. The van der Waals surface area contributed by atoms with Crippen molar-refractivity contribution in [1.29, 1.82) is 0 Å². The number of allylic oxidation sites excluding steroid dienone is 1. The fourth-order valence-electron chi connectivity index (χ4n) is 5.95. The molecule has 0 spiro atoms. The lowest BCUT2D eigenvalue weighted by atomic mass is 9.89. The molecule has 0 radical (unpaired) electrons. The molecule has 2 aliphatic rings. The maximum Gasteiger partial charge on any atom is 0.267 e. The van der Waals surface area contributed by atoms with E-state index in [1.165, 1.54) is 4.90 Å². The van der Waals surface area contributed by atoms with Crippen LogP contribution in [-0.2, 0) is 32.0 Å². The van der Waals surface area contributed by atoms with Gasteiger partial charge in [0, 0.05) is 53.7 Å². The van der Waals surface area contributed by atoms with E-state index in [1.54, 1.807) is 17.0 Å². The van der Waals surface area contributed by atoms with E-state index in [1.807, 2.05) is 109 Å². The molecule has 9 nitrogen and oxygen atoms in total. The minimum Gasteiger partial charge on any atom is -0.373 e. The summed E-state index contributed by atoms with van der Waals surface area (Å²) in [5.41, 5.74) is 2.22. The SMILES string of the molecule is C=C(Cc1ccccc1)C(=O)C1(O)CCN(c2ccccc2)C1=O.C=C(Cc1ccccc1)C(=O)C1CCN(c2ccccc2)C1=O.O=O. The topological polar surface area (TPSA) is 129 Å². The molecule has 2 atom stereocenters. The van der Waals surface area contributed by atoms with Crippen LogP contribution in [-0.4, -0.2) is 47.2 Å². The molecular weight excluding hydrogens is 620 g/mol. The highest BCUT2D eigenvalue weighted by Crippen LogP contribution is 2.31. The van der Waals surface area contributed by atoms with Gasteiger partial charge in [0.15, 0.2) is 11.6 Å². The van der Waals surface area contributed by atoms with Gasteiger partial charge in [0.05, 0.1) is 0 Å². The van der Waals surface area contributed by atoms with Crippen molar-refractivity contribution < 1.29 is 24.3 Å². The number of ketones is 2. The summed E-state index contributed by atoms with van der Waals surface area (Å²) in [4.78, 5) is 67.6. The largest absolute Gasteiger partial charge is 0.373 e. The van der Waals surface area contributed by atoms with Gasteiger partial charge in [0.25, 0.3) is 5.91 Å². The molecule has 2 heterocycles. The fraction of sp³-hybridized carbons (Fsp3) is 0.200. The first-order valence-corrected chi connectivity index (χ1v) is 15.8. The third kappa shape index (κ3) is 8.57. The van der Waals surface area contributed by atoms with Gasteiger partial charge in [-0.05, 0) is 53.0 Å². The van der Waals surface area contributed by atoms with Crippen molar-refractivity contribution in [3.63, 3.8) is 0 Å². The van der Waals surface area contributed by atoms with Crippen LogP contribution in [0.15, 0.2) is 146 Å². The molecule has 4 aromatic rings. The van der Waals surface area contributed by atoms with E-state index in [0.717, 1.165) is 16.8 Å². The van der Waals surface area contributed by atoms with E-state index in [9.17, 15) is 24.3 Å². The zero-order valence-corrected chi connectivity index (χ0v) is 27.1. The maximum atomic E-state index is 12.7. The van der Waals surface area contributed by atoms with Crippen molar-refractivity contribution >= 4 is 34.8 Å². The molecule has 0 bridgehead atoms. The molecule has 2 saturated heterocycles. The lowest BCUT2D eigenvalue weighted by Gasteiger charge is -2.22. The molecule has 4 aromatic carbocycles. The van der Waals surface area contributed by atoms with E-state index >= 15 is 0 Å². The van der Waals surface area contributed by atoms with Crippen molar-refractivity contribution in [2.24, 2.45) is 5.92 Å². The zero-order valence-electron chi connectivity index (χ0n) is 27.1. The minimum atomic E-state index is -2.01. The maximum absolute atomic E-state index is 12.7. The Morgan fingerprint density at radius 2 is 1.08 bits per heavy atom. The van der Waals surface area contributed by atoms with E-state index in [-0.39, 0.29) is 23.7 Å². The first-order valence-electron chi connectivity index (χ1n) is 15.8. The van der Waals surface area contributed by atoms with Crippen LogP contribution in [0.1, 0.15) is 24.0 Å². The van der Waals surface area contributed by atoms with Crippen LogP contribution in [0, 0.1) is 15.8 Å². The van der Waals surface area contributed by atoms with E-state index in [2.05, 4.69) is 13.2 Å². The highest BCUT2D eigenvalue weighted by atomic mass is 16.7. The van der Waals surface area contributed by atoms with Crippen molar-refractivity contribution in [2.45, 2.75) is 31.3 Å². The second-order valence-corrected chi connectivity index (χ2v) is 11.8. The Morgan fingerprint density at radius 1 is 0.653 bits per heavy atom. The highest BCUT2D eigenvalue weighted by molar-refractivity contribution is 6.22. The summed E-state index contributed by atoms with van der Waals surface area (Å²) in [6.07, 6.45) is 1.45. The summed E-state index contributed by atoms with van der Waals surface area (Å²) in [6, 6.07) is 37.7. The number of hydrogen-bond acceptors (Lipinski definition) is 7. The standard InChI is InChI=1S/C20H19NO3.C20H19NO2.O2/c1-15(14-16-8-4-2-5-9-16)18(22)20(24)12-13-21(19(20)23)17-10-6-3-7-11-17;1-15(14-16-8-4-2-5-9-16)19(22)18-12-13-21(20(18)23)17-10-6-3-7-11-17;1-2/h2-11,24H,1,12-14H2;2-11,18H,1,12-14H2;. The number of carbonyl (C=O) groups excluding carboxylic acids is 4. The Bertz CT molecular complexity index is 1780. The Hall–Kier alpha value is -5.80. The van der Waals surface area contributed by atoms with Crippen LogP contribution in [0.25, 0.3) is 0 Å². The Balaban J connectivity index is 0.000000210. The smallest absolute Gasteiger partial charge is 0.267 e. The van der Waals surface area contributed by atoms with Crippen LogP contribution in [0.5, 0.6) is 0 Å². The van der Waals surface area contributed by atoms with Crippen LogP contribution in [0.3, 0.4) is 0 Å². The molecule has 6 rings (SSSR count). The summed E-state index contributed by atoms with van der Waals surface area (Å²) in [5.74, 6) is -2.00. The second-order valence-electron chi connectivity index (χ2n) is 11.8. The molecule has 0 aromatic heterocycles. The Kier molecular flexibility index (Phi) is 12.4. The molecule has 2 aliphatic heterocycles. The average molecular weight is 659 g/mol. The van der Waals surface area contributed by atoms with Gasteiger partial charge in [-0.15, -0.1) is 0 Å². The van der Waals surface area contributed by atoms with E-state index in [4.69, 9.17) is 9.93 Å². The van der Waals surface area contributed by atoms with Gasteiger partial charge in [0.2, 0.25) is 11.5 Å². The number of anilines is 2. The summed E-state index contributed by atoms with van der Waals surface area (Å²) in [5, 5.41) is 10.7. The number of amides is 2. The van der Waals surface area contributed by atoms with Gasteiger partial charge in [0.1, 0.15) is 5.92 Å². The molecule has 9 heteroatoms. The average Bonchev–Trinajstić information content (AvgIpc) is 3.69. The van der Waals surface area contributed by atoms with Crippen LogP contribution in [0.4, 0.5) is 11.4 Å². The van der Waals surface area contributed by atoms with Crippen molar-refractivity contribution in [3.05, 3.63) is 167 Å². The van der Waals surface area contributed by atoms with Gasteiger partial charge in [-0.25, -0.2) is 0 Å². The van der Waals surface area contributed by atoms with Gasteiger partial charge < -0.3 is 14.9 Å². The van der Waals surface area contributed by atoms with E-state index in [0.29, 0.717) is 43.6 Å². The molecule has 250 valence electrons. The molecule has 1 N–H and O–H groups in total. The normalized spacial score (nSPS) is 18.1. The number of aliphatic hydroxyl groups is 1. The summed E-state index contributed by atoms with van der Waals surface area (Å²) in [6.45, 7) is 8.59. The number of rotatable bonds is 10. The molecule has 2 fully saturated rings. The molecule has 2 amide bonds. The number of Topliss-reactive ketones (excluding diaryl/α,β-unsaturated/α-hetero) is 2. The lowest BCUT2D eigenvalue weighted by molar-refractivity contribution is -0.145. The van der Waals surface area contributed by atoms with Crippen molar-refractivity contribution in [1.82, 2.24) is 0 Å². The molecule has 49 heavy (non-hydrogen) atoms. The highest BCUT2D eigenvalue weighted by Gasteiger charge is 2.51. The first kappa shape index (κ1) is 36.0. The van der Waals surface area contributed by atoms with E-state index < -0.39 is 23.2 Å². The summed E-state index contributed by atoms with van der Waals surface area (Å²) in [7, 11) is 0. The molecular formula is C40H38N2O7. The van der Waals surface area contributed by atoms with Crippen LogP contribution >= 0.6 is 0 Å². The van der Waals surface area contributed by atoms with Gasteiger partial charge >= 0.3 is 0 Å². The van der Waals surface area contributed by atoms with Crippen LogP contribution in [0.2, 0.25) is 0 Å². The zero-order chi connectivity index (χ0) is 35.4. The lowest BCUT2D eigenvalue weighted by Crippen LogP contribution is -2.47. The van der Waals surface area contributed by atoms with Crippen molar-refractivity contribution in [2.75, 3.05) is 22.9 Å². The summed E-state index contributed by atoms with van der Waals surface area (Å²) >= 11 is 0. The van der Waals surface area contributed by atoms with Gasteiger partial charge in [-0.1, -0.05) is 110 Å². The predicted molar refractivity (Wildman–Crippen MR) is 191 cm³/mol. The Morgan fingerprint density at radius 3 is 1.57 bits per heavy atom. The van der Waals surface area contributed by atoms with Crippen LogP contribution < -0.4 is 9.80 Å². The summed E-state index contributed by atoms with van der Waals surface area (Å²) < 4.78 is 0. The molecule has 0 aliphatic carbocycles.